The zero-order valence-electron chi connectivity index (χ0n) is 10.5. The van der Waals surface area contributed by atoms with E-state index < -0.39 is 18.1 Å². The van der Waals surface area contributed by atoms with Crippen molar-refractivity contribution in [3.05, 3.63) is 17.8 Å². The largest absolute Gasteiger partial charge is 0.477 e. The zero-order chi connectivity index (χ0) is 14.9. The van der Waals surface area contributed by atoms with Gasteiger partial charge in [0.25, 0.3) is 0 Å². The van der Waals surface area contributed by atoms with E-state index in [4.69, 9.17) is 10.8 Å². The van der Waals surface area contributed by atoms with Crippen LogP contribution >= 0.6 is 0 Å². The molecule has 20 heavy (non-hydrogen) atoms. The highest BCUT2D eigenvalue weighted by molar-refractivity contribution is 5.87. The number of nitrogens with zero attached hydrogens (tertiary/aromatic N) is 2. The lowest BCUT2D eigenvalue weighted by Gasteiger charge is -2.35. The van der Waals surface area contributed by atoms with Gasteiger partial charge in [-0.25, -0.2) is 9.78 Å². The molecule has 5 nitrogen and oxygen atoms in total. The molecule has 2 rings (SSSR count). The van der Waals surface area contributed by atoms with Crippen LogP contribution in [0.1, 0.15) is 23.3 Å². The molecule has 1 aromatic rings. The minimum absolute atomic E-state index is 0.0680. The van der Waals surface area contributed by atoms with Gasteiger partial charge in [0.2, 0.25) is 0 Å². The Hall–Kier alpha value is -1.99. The molecule has 0 spiro atoms. The van der Waals surface area contributed by atoms with Crippen LogP contribution in [0.5, 0.6) is 0 Å². The van der Waals surface area contributed by atoms with Gasteiger partial charge in [0.15, 0.2) is 11.5 Å². The number of piperidine rings is 1. The van der Waals surface area contributed by atoms with Gasteiger partial charge in [0, 0.05) is 13.1 Å². The van der Waals surface area contributed by atoms with Crippen LogP contribution in [0.25, 0.3) is 0 Å². The summed E-state index contributed by atoms with van der Waals surface area (Å²) in [6.45, 7) is 0.136. The van der Waals surface area contributed by atoms with Crippen molar-refractivity contribution in [3.63, 3.8) is 0 Å². The smallest absolute Gasteiger partial charge is 0.393 e. The van der Waals surface area contributed by atoms with Crippen molar-refractivity contribution in [1.29, 1.82) is 0 Å². The lowest BCUT2D eigenvalue weighted by Crippen LogP contribution is -2.42. The molecule has 0 aliphatic carbocycles. The van der Waals surface area contributed by atoms with Crippen LogP contribution in [0, 0.1) is 5.92 Å². The van der Waals surface area contributed by atoms with Crippen LogP contribution in [-0.4, -0.2) is 35.3 Å². The van der Waals surface area contributed by atoms with Crippen LogP contribution in [-0.2, 0) is 0 Å². The third-order valence-electron chi connectivity index (χ3n) is 3.31. The van der Waals surface area contributed by atoms with Crippen molar-refractivity contribution in [3.8, 4) is 0 Å². The van der Waals surface area contributed by atoms with Crippen molar-refractivity contribution < 1.29 is 23.1 Å². The summed E-state index contributed by atoms with van der Waals surface area (Å²) in [7, 11) is 0. The quantitative estimate of drug-likeness (QED) is 0.872. The van der Waals surface area contributed by atoms with Crippen LogP contribution in [0.4, 0.5) is 24.7 Å². The van der Waals surface area contributed by atoms with Gasteiger partial charge >= 0.3 is 12.1 Å². The highest BCUT2D eigenvalue weighted by Crippen LogP contribution is 2.35. The Kier molecular flexibility index (Phi) is 3.74. The maximum Gasteiger partial charge on any atom is 0.393 e. The summed E-state index contributed by atoms with van der Waals surface area (Å²) in [5.74, 6) is -2.57. The monoisotopic (exact) mass is 289 g/mol. The molecule has 110 valence electrons. The Morgan fingerprint density at radius 2 is 2.15 bits per heavy atom. The molecule has 1 unspecified atom stereocenters. The zero-order valence-corrected chi connectivity index (χ0v) is 10.5. The predicted molar refractivity (Wildman–Crippen MR) is 66.6 cm³/mol. The van der Waals surface area contributed by atoms with Gasteiger partial charge in [-0.1, -0.05) is 0 Å². The topological polar surface area (TPSA) is 79.5 Å². The van der Waals surface area contributed by atoms with Crippen LogP contribution < -0.4 is 10.6 Å². The van der Waals surface area contributed by atoms with Gasteiger partial charge in [-0.15, -0.1) is 0 Å². The predicted octanol–water partition coefficient (Wildman–Crippen LogP) is 2.14. The fraction of sp³-hybridized carbons (Fsp3) is 0.500. The van der Waals surface area contributed by atoms with Gasteiger partial charge in [0.05, 0.1) is 11.6 Å². The maximum atomic E-state index is 12.8. The van der Waals surface area contributed by atoms with E-state index in [-0.39, 0.29) is 30.2 Å². The number of halogens is 3. The van der Waals surface area contributed by atoms with Gasteiger partial charge in [-0.05, 0) is 25.0 Å². The number of nitrogen functional groups attached to an aromatic ring is 1. The molecule has 1 aliphatic rings. The van der Waals surface area contributed by atoms with Crippen LogP contribution in [0.2, 0.25) is 0 Å². The van der Waals surface area contributed by atoms with Crippen molar-refractivity contribution in [2.24, 2.45) is 5.92 Å². The number of hydrogen-bond donors (Lipinski definition) is 2. The first-order chi connectivity index (χ1) is 9.29. The summed E-state index contributed by atoms with van der Waals surface area (Å²) in [6.07, 6.45) is -3.83. The third-order valence-corrected chi connectivity index (χ3v) is 3.31. The summed E-state index contributed by atoms with van der Waals surface area (Å²) in [4.78, 5) is 16.1. The summed E-state index contributed by atoms with van der Waals surface area (Å²) in [5, 5.41) is 8.88. The summed E-state index contributed by atoms with van der Waals surface area (Å²) in [6, 6.07) is 2.58. The molecule has 8 heteroatoms. The first-order valence-corrected chi connectivity index (χ1v) is 6.10. The normalized spacial score (nSPS) is 19.9. The summed E-state index contributed by atoms with van der Waals surface area (Å²) < 4.78 is 38.3. The maximum absolute atomic E-state index is 12.8. The van der Waals surface area contributed by atoms with E-state index in [0.717, 1.165) is 0 Å². The standard InChI is InChI=1S/C12H14F3N3O2/c13-12(14,15)7-2-1-5-18(6-7)10-8(16)3-4-9(17-10)11(19)20/h3-4,7H,1-2,5-6,16H2,(H,19,20). The third kappa shape index (κ3) is 2.94. The number of carbonyl (C=O) groups is 1. The van der Waals surface area contributed by atoms with E-state index in [2.05, 4.69) is 4.98 Å². The molecule has 0 bridgehead atoms. The van der Waals surface area contributed by atoms with E-state index in [9.17, 15) is 18.0 Å². The number of anilines is 2. The lowest BCUT2D eigenvalue weighted by atomic mass is 9.97. The number of carboxylic acids is 1. The number of rotatable bonds is 2. The summed E-state index contributed by atoms with van der Waals surface area (Å²) >= 11 is 0. The van der Waals surface area contributed by atoms with Crippen molar-refractivity contribution in [2.75, 3.05) is 23.7 Å². The second-order valence-corrected chi connectivity index (χ2v) is 4.74. The number of alkyl halides is 3. The number of carboxylic acid groups (broad SMARTS) is 1. The molecule has 1 saturated heterocycles. The first kappa shape index (κ1) is 14.4. The van der Waals surface area contributed by atoms with Gasteiger partial charge in [0.1, 0.15) is 0 Å². The Morgan fingerprint density at radius 1 is 1.45 bits per heavy atom. The number of nitrogens with two attached hydrogens (primary N) is 1. The molecule has 2 heterocycles. The van der Waals surface area contributed by atoms with E-state index in [1.807, 2.05) is 0 Å². The Labute approximate surface area is 113 Å². The Balaban J connectivity index is 2.27. The molecule has 0 radical (unpaired) electrons. The Morgan fingerprint density at radius 3 is 2.75 bits per heavy atom. The molecule has 0 aromatic carbocycles. The minimum atomic E-state index is -4.27. The fourth-order valence-electron chi connectivity index (χ4n) is 2.27. The number of pyridine rings is 1. The van der Waals surface area contributed by atoms with E-state index >= 15 is 0 Å². The molecular weight excluding hydrogens is 275 g/mol. The van der Waals surface area contributed by atoms with Gasteiger partial charge in [-0.3, -0.25) is 0 Å². The van der Waals surface area contributed by atoms with Crippen LogP contribution in [0.15, 0.2) is 12.1 Å². The number of aromatic nitrogens is 1. The number of aromatic carboxylic acids is 1. The average Bonchev–Trinajstić information content (AvgIpc) is 2.38. The fourth-order valence-corrected chi connectivity index (χ4v) is 2.27. The first-order valence-electron chi connectivity index (χ1n) is 6.10. The van der Waals surface area contributed by atoms with Crippen LogP contribution in [0.3, 0.4) is 0 Å². The molecular formula is C12H14F3N3O2. The summed E-state index contributed by atoms with van der Waals surface area (Å²) in [5.41, 5.74) is 5.64. The van der Waals surface area contributed by atoms with Crippen molar-refractivity contribution in [2.45, 2.75) is 19.0 Å². The molecule has 1 fully saturated rings. The molecule has 0 saturated carbocycles. The van der Waals surface area contributed by atoms with Gasteiger partial charge < -0.3 is 15.7 Å². The van der Waals surface area contributed by atoms with Crippen molar-refractivity contribution >= 4 is 17.5 Å². The molecule has 0 amide bonds. The highest BCUT2D eigenvalue weighted by atomic mass is 19.4. The second-order valence-electron chi connectivity index (χ2n) is 4.74. The van der Waals surface area contributed by atoms with E-state index in [1.54, 1.807) is 0 Å². The lowest BCUT2D eigenvalue weighted by molar-refractivity contribution is -0.176. The molecule has 1 aliphatic heterocycles. The molecule has 1 aromatic heterocycles. The highest BCUT2D eigenvalue weighted by Gasteiger charge is 2.42. The van der Waals surface area contributed by atoms with E-state index in [1.165, 1.54) is 17.0 Å². The van der Waals surface area contributed by atoms with Gasteiger partial charge in [-0.2, -0.15) is 13.2 Å². The Bertz CT molecular complexity index is 519. The minimum Gasteiger partial charge on any atom is -0.477 e. The molecule has 1 atom stereocenters. The SMILES string of the molecule is Nc1ccc(C(=O)O)nc1N1CCCC(C(F)(F)F)C1. The second kappa shape index (κ2) is 5.18. The van der Waals surface area contributed by atoms with Crippen molar-refractivity contribution in [1.82, 2.24) is 4.98 Å². The number of hydrogen-bond acceptors (Lipinski definition) is 4. The molecule has 3 N–H and O–H groups in total. The average molecular weight is 289 g/mol. The van der Waals surface area contributed by atoms with E-state index in [0.29, 0.717) is 13.0 Å².